The smallest absolute Gasteiger partial charge is 0.251 e. The first-order valence-electron chi connectivity index (χ1n) is 5.51. The summed E-state index contributed by atoms with van der Waals surface area (Å²) in [5, 5.41) is 11.5. The largest absolute Gasteiger partial charge is 0.382 e. The molecule has 0 fully saturated rings. The van der Waals surface area contributed by atoms with Gasteiger partial charge in [0.2, 0.25) is 0 Å². The van der Waals surface area contributed by atoms with Crippen LogP contribution in [0.25, 0.3) is 0 Å². The lowest BCUT2D eigenvalue weighted by atomic mass is 10.1. The van der Waals surface area contributed by atoms with Crippen molar-refractivity contribution >= 4 is 5.91 Å². The highest BCUT2D eigenvalue weighted by molar-refractivity contribution is 5.94. The number of rotatable bonds is 6. The minimum absolute atomic E-state index is 0.182. The molecule has 1 aromatic carbocycles. The summed E-state index contributed by atoms with van der Waals surface area (Å²) in [6.07, 6.45) is -0.182. The van der Waals surface area contributed by atoms with Gasteiger partial charge in [0.1, 0.15) is 0 Å². The number of nitrogens with zero attached hydrogens (tertiary/aromatic N) is 1. The molecule has 96 valence electrons. The molecule has 0 aliphatic carbocycles. The molecule has 0 heterocycles. The average molecular weight is 248 g/mol. The Kier molecular flexibility index (Phi) is 5.85. The molecule has 0 aromatic heterocycles. The van der Waals surface area contributed by atoms with Crippen LogP contribution in [0.2, 0.25) is 0 Å². The Hall–Kier alpha value is -1.90. The molecule has 1 N–H and O–H groups in total. The lowest BCUT2D eigenvalue weighted by molar-refractivity contribution is 0.0285. The fraction of sp³-hybridized carbons (Fsp3) is 0.385. The van der Waals surface area contributed by atoms with Crippen LogP contribution >= 0.6 is 0 Å². The first-order chi connectivity index (χ1) is 8.71. The molecule has 0 spiro atoms. The van der Waals surface area contributed by atoms with E-state index >= 15 is 0 Å². The highest BCUT2D eigenvalue weighted by atomic mass is 16.5. The molecular weight excluding hydrogens is 232 g/mol. The predicted molar refractivity (Wildman–Crippen MR) is 66.2 cm³/mol. The number of amides is 1. The summed E-state index contributed by atoms with van der Waals surface area (Å²) in [6, 6.07) is 8.53. The maximum absolute atomic E-state index is 11.8. The fourth-order valence-corrected chi connectivity index (χ4v) is 1.43. The van der Waals surface area contributed by atoms with E-state index in [2.05, 4.69) is 5.32 Å². The van der Waals surface area contributed by atoms with Crippen LogP contribution in [0.4, 0.5) is 0 Å². The van der Waals surface area contributed by atoms with Gasteiger partial charge in [-0.25, -0.2) is 0 Å². The minimum atomic E-state index is -0.231. The van der Waals surface area contributed by atoms with Gasteiger partial charge in [-0.2, -0.15) is 5.26 Å². The van der Waals surface area contributed by atoms with Crippen LogP contribution in [0.3, 0.4) is 0 Å². The van der Waals surface area contributed by atoms with Crippen molar-refractivity contribution in [2.75, 3.05) is 27.4 Å². The van der Waals surface area contributed by atoms with Crippen LogP contribution in [-0.2, 0) is 9.47 Å². The van der Waals surface area contributed by atoms with E-state index < -0.39 is 0 Å². The summed E-state index contributed by atoms with van der Waals surface area (Å²) < 4.78 is 10.1. The van der Waals surface area contributed by atoms with Crippen molar-refractivity contribution in [1.82, 2.24) is 5.32 Å². The zero-order valence-corrected chi connectivity index (χ0v) is 10.5. The normalized spacial score (nSPS) is 11.6. The Balaban J connectivity index is 2.57. The second-order valence-electron chi connectivity index (χ2n) is 3.72. The summed E-state index contributed by atoms with van der Waals surface area (Å²) in [7, 11) is 3.14. The number of nitrogens with one attached hydrogen (secondary N) is 1. The molecule has 0 bridgehead atoms. The molecule has 0 radical (unpaired) electrons. The number of ether oxygens (including phenoxy) is 2. The van der Waals surface area contributed by atoms with Crippen LogP contribution < -0.4 is 5.32 Å². The lowest BCUT2D eigenvalue weighted by Gasteiger charge is -2.14. The number of hydrogen-bond donors (Lipinski definition) is 1. The molecule has 1 rings (SSSR count). The van der Waals surface area contributed by atoms with Crippen molar-refractivity contribution in [3.05, 3.63) is 35.4 Å². The number of nitriles is 1. The molecular formula is C13H16N2O3. The molecule has 5 nitrogen and oxygen atoms in total. The Morgan fingerprint density at radius 1 is 1.50 bits per heavy atom. The van der Waals surface area contributed by atoms with E-state index in [-0.39, 0.29) is 12.0 Å². The summed E-state index contributed by atoms with van der Waals surface area (Å²) in [6.45, 7) is 0.773. The first-order valence-corrected chi connectivity index (χ1v) is 5.51. The zero-order valence-electron chi connectivity index (χ0n) is 10.5. The third kappa shape index (κ3) is 4.17. The van der Waals surface area contributed by atoms with E-state index in [9.17, 15) is 4.79 Å². The number of benzene rings is 1. The Morgan fingerprint density at radius 2 is 2.28 bits per heavy atom. The van der Waals surface area contributed by atoms with Crippen LogP contribution in [0.15, 0.2) is 24.3 Å². The van der Waals surface area contributed by atoms with Crippen molar-refractivity contribution in [1.29, 1.82) is 5.26 Å². The third-order valence-corrected chi connectivity index (χ3v) is 2.43. The van der Waals surface area contributed by atoms with Crippen molar-refractivity contribution in [3.8, 4) is 6.07 Å². The van der Waals surface area contributed by atoms with Gasteiger partial charge in [-0.3, -0.25) is 4.79 Å². The Morgan fingerprint density at radius 3 is 2.89 bits per heavy atom. The van der Waals surface area contributed by atoms with Gasteiger partial charge >= 0.3 is 0 Å². The molecule has 0 aliphatic rings. The number of hydrogen-bond acceptors (Lipinski definition) is 4. The van der Waals surface area contributed by atoms with Gasteiger partial charge in [-0.05, 0) is 18.2 Å². The molecule has 18 heavy (non-hydrogen) atoms. The van der Waals surface area contributed by atoms with Gasteiger partial charge in [-0.1, -0.05) is 6.07 Å². The number of carbonyl (C=O) groups is 1. The summed E-state index contributed by atoms with van der Waals surface area (Å²) in [5.41, 5.74) is 0.921. The zero-order chi connectivity index (χ0) is 13.4. The SMILES string of the molecule is COCC(CNC(=O)c1cccc(C#N)c1)OC. The second kappa shape index (κ2) is 7.43. The summed E-state index contributed by atoms with van der Waals surface area (Å²) >= 11 is 0. The van der Waals surface area contributed by atoms with Gasteiger partial charge < -0.3 is 14.8 Å². The summed E-state index contributed by atoms with van der Waals surface area (Å²) in [4.78, 5) is 11.8. The van der Waals surface area contributed by atoms with Crippen LogP contribution in [0.5, 0.6) is 0 Å². The quantitative estimate of drug-likeness (QED) is 0.813. The standard InChI is InChI=1S/C13H16N2O3/c1-17-9-12(18-2)8-15-13(16)11-5-3-4-10(6-11)7-14/h3-6,12H,8-9H2,1-2H3,(H,15,16). The van der Waals surface area contributed by atoms with Gasteiger partial charge in [0, 0.05) is 26.3 Å². The maximum Gasteiger partial charge on any atom is 0.251 e. The van der Waals surface area contributed by atoms with Crippen LogP contribution in [0.1, 0.15) is 15.9 Å². The van der Waals surface area contributed by atoms with Crippen molar-refractivity contribution in [2.24, 2.45) is 0 Å². The van der Waals surface area contributed by atoms with Crippen LogP contribution in [-0.4, -0.2) is 39.4 Å². The molecule has 0 saturated carbocycles. The lowest BCUT2D eigenvalue weighted by Crippen LogP contribution is -2.35. The second-order valence-corrected chi connectivity index (χ2v) is 3.72. The van der Waals surface area contributed by atoms with E-state index in [0.717, 1.165) is 0 Å². The predicted octanol–water partition coefficient (Wildman–Crippen LogP) is 0.949. The highest BCUT2D eigenvalue weighted by Crippen LogP contribution is 2.04. The van der Waals surface area contributed by atoms with Gasteiger partial charge in [0.15, 0.2) is 0 Å². The molecule has 1 atom stereocenters. The van der Waals surface area contributed by atoms with E-state index in [1.165, 1.54) is 0 Å². The average Bonchev–Trinajstić information content (AvgIpc) is 2.43. The molecule has 0 aliphatic heterocycles. The number of methoxy groups -OCH3 is 2. The van der Waals surface area contributed by atoms with E-state index in [0.29, 0.717) is 24.3 Å². The van der Waals surface area contributed by atoms with Gasteiger partial charge in [0.05, 0.1) is 24.3 Å². The van der Waals surface area contributed by atoms with Gasteiger partial charge in [0.25, 0.3) is 5.91 Å². The number of carbonyl (C=O) groups excluding carboxylic acids is 1. The Bertz CT molecular complexity index is 440. The maximum atomic E-state index is 11.8. The molecule has 1 amide bonds. The molecule has 1 aromatic rings. The van der Waals surface area contributed by atoms with Crippen molar-refractivity contribution in [3.63, 3.8) is 0 Å². The minimum Gasteiger partial charge on any atom is -0.382 e. The molecule has 1 unspecified atom stereocenters. The monoisotopic (exact) mass is 248 g/mol. The van der Waals surface area contributed by atoms with E-state index in [4.69, 9.17) is 14.7 Å². The van der Waals surface area contributed by atoms with Crippen LogP contribution in [0, 0.1) is 11.3 Å². The highest BCUT2D eigenvalue weighted by Gasteiger charge is 2.10. The Labute approximate surface area is 106 Å². The summed E-state index contributed by atoms with van der Waals surface area (Å²) in [5.74, 6) is -0.231. The third-order valence-electron chi connectivity index (χ3n) is 2.43. The first kappa shape index (κ1) is 14.2. The topological polar surface area (TPSA) is 71.3 Å². The van der Waals surface area contributed by atoms with E-state index in [1.54, 1.807) is 38.5 Å². The molecule has 0 saturated heterocycles. The van der Waals surface area contributed by atoms with Gasteiger partial charge in [-0.15, -0.1) is 0 Å². The molecule has 5 heteroatoms. The fourth-order valence-electron chi connectivity index (χ4n) is 1.43. The van der Waals surface area contributed by atoms with E-state index in [1.807, 2.05) is 6.07 Å². The van der Waals surface area contributed by atoms with Crippen molar-refractivity contribution < 1.29 is 14.3 Å². The van der Waals surface area contributed by atoms with Crippen molar-refractivity contribution in [2.45, 2.75) is 6.10 Å².